The molecule has 1 aromatic heterocycles. The van der Waals surface area contributed by atoms with Crippen LogP contribution in [-0.4, -0.2) is 34.9 Å². The molecule has 1 N–H and O–H groups in total. The molecule has 5 nitrogen and oxygen atoms in total. The van der Waals surface area contributed by atoms with Gasteiger partial charge in [0.2, 0.25) is 5.91 Å². The Balaban J connectivity index is 1.99. The summed E-state index contributed by atoms with van der Waals surface area (Å²) in [5.74, 6) is -0.569. The number of fused-ring (bicyclic) bond motifs is 3. The fourth-order valence-electron chi connectivity index (χ4n) is 4.02. The quantitative estimate of drug-likeness (QED) is 0.630. The van der Waals surface area contributed by atoms with Crippen LogP contribution in [0.15, 0.2) is 53.0 Å². The van der Waals surface area contributed by atoms with E-state index in [4.69, 9.17) is 4.74 Å². The number of benzene rings is 2. The Morgan fingerprint density at radius 3 is 2.67 bits per heavy atom. The van der Waals surface area contributed by atoms with Gasteiger partial charge in [0.15, 0.2) is 0 Å². The number of ether oxygens (including phenoxy) is 1. The van der Waals surface area contributed by atoms with Crippen molar-refractivity contribution in [2.24, 2.45) is 0 Å². The highest BCUT2D eigenvalue weighted by Crippen LogP contribution is 2.41. The van der Waals surface area contributed by atoms with Gasteiger partial charge in [-0.25, -0.2) is 4.79 Å². The number of hydrogen-bond acceptors (Lipinski definition) is 3. The fraction of sp³-hybridized carbons (Fsp3) is 0.238. The minimum absolute atomic E-state index is 0.167. The number of carbonyl (C=O) groups is 2. The van der Waals surface area contributed by atoms with Crippen LogP contribution in [-0.2, 0) is 20.7 Å². The van der Waals surface area contributed by atoms with Crippen LogP contribution in [0.25, 0.3) is 10.9 Å². The topological polar surface area (TPSA) is 62.4 Å². The molecule has 0 bridgehead atoms. The Labute approximate surface area is 165 Å². The lowest BCUT2D eigenvalue weighted by Crippen LogP contribution is -2.51. The highest BCUT2D eigenvalue weighted by molar-refractivity contribution is 9.10. The number of nitrogens with zero attached hydrogens (tertiary/aromatic N) is 1. The highest BCUT2D eigenvalue weighted by Gasteiger charge is 2.42. The Morgan fingerprint density at radius 1 is 1.19 bits per heavy atom. The van der Waals surface area contributed by atoms with E-state index in [-0.39, 0.29) is 11.9 Å². The summed E-state index contributed by atoms with van der Waals surface area (Å²) in [5.41, 5.74) is 3.94. The Hall–Kier alpha value is -2.60. The zero-order valence-corrected chi connectivity index (χ0v) is 16.6. The standard InChI is InChI=1S/C21H19BrN2O3/c1-12(25)24-18(21(26)27-2)11-16-15-8-3-4-9-17(15)23-19(16)20(24)13-6-5-7-14(22)10-13/h3-10,18,20,23H,11H2,1-2H3/t18-,20+/m0/s1. The molecule has 6 heteroatoms. The molecule has 4 rings (SSSR count). The van der Waals surface area contributed by atoms with E-state index in [1.807, 2.05) is 48.5 Å². The Morgan fingerprint density at radius 2 is 1.96 bits per heavy atom. The van der Waals surface area contributed by atoms with Gasteiger partial charge in [0.1, 0.15) is 6.04 Å². The van der Waals surface area contributed by atoms with E-state index in [2.05, 4.69) is 20.9 Å². The first kappa shape index (κ1) is 17.8. The van der Waals surface area contributed by atoms with E-state index in [1.165, 1.54) is 14.0 Å². The molecule has 0 spiro atoms. The third kappa shape index (κ3) is 2.94. The average molecular weight is 427 g/mol. The largest absolute Gasteiger partial charge is 0.467 e. The molecule has 27 heavy (non-hydrogen) atoms. The smallest absolute Gasteiger partial charge is 0.328 e. The highest BCUT2D eigenvalue weighted by atomic mass is 79.9. The maximum atomic E-state index is 12.6. The number of aromatic amines is 1. The molecule has 0 saturated heterocycles. The number of carbonyl (C=O) groups excluding carboxylic acids is 2. The minimum atomic E-state index is -0.664. The number of halogens is 1. The lowest BCUT2D eigenvalue weighted by atomic mass is 9.88. The fourth-order valence-corrected chi connectivity index (χ4v) is 4.44. The molecule has 1 aliphatic heterocycles. The Kier molecular flexibility index (Phi) is 4.52. The number of esters is 1. The predicted octanol–water partition coefficient (Wildman–Crippen LogP) is 3.97. The summed E-state index contributed by atoms with van der Waals surface area (Å²) < 4.78 is 5.95. The Bertz CT molecular complexity index is 1040. The second-order valence-electron chi connectivity index (χ2n) is 6.69. The van der Waals surface area contributed by atoms with E-state index < -0.39 is 12.0 Å². The van der Waals surface area contributed by atoms with Crippen molar-refractivity contribution in [1.29, 1.82) is 0 Å². The first-order chi connectivity index (χ1) is 13.0. The molecule has 2 heterocycles. The molecule has 1 aliphatic rings. The summed E-state index contributed by atoms with van der Waals surface area (Å²) in [7, 11) is 1.36. The molecule has 138 valence electrons. The maximum absolute atomic E-state index is 12.6. The van der Waals surface area contributed by atoms with Crippen molar-refractivity contribution >= 4 is 38.7 Å². The van der Waals surface area contributed by atoms with Gasteiger partial charge in [-0.3, -0.25) is 4.79 Å². The average Bonchev–Trinajstić information content (AvgIpc) is 3.04. The lowest BCUT2D eigenvalue weighted by molar-refractivity contribution is -0.154. The van der Waals surface area contributed by atoms with Crippen LogP contribution < -0.4 is 0 Å². The van der Waals surface area contributed by atoms with Crippen molar-refractivity contribution in [3.8, 4) is 0 Å². The number of para-hydroxylation sites is 1. The number of nitrogens with one attached hydrogen (secondary N) is 1. The maximum Gasteiger partial charge on any atom is 0.328 e. The van der Waals surface area contributed by atoms with Crippen molar-refractivity contribution in [3.63, 3.8) is 0 Å². The van der Waals surface area contributed by atoms with Crippen LogP contribution in [0.2, 0.25) is 0 Å². The number of aromatic nitrogens is 1. The van der Waals surface area contributed by atoms with Gasteiger partial charge in [-0.15, -0.1) is 0 Å². The summed E-state index contributed by atoms with van der Waals surface area (Å²) in [6.45, 7) is 1.49. The van der Waals surface area contributed by atoms with Crippen LogP contribution in [0, 0.1) is 0 Å². The zero-order valence-electron chi connectivity index (χ0n) is 15.0. The van der Waals surface area contributed by atoms with Gasteiger partial charge in [0, 0.05) is 34.4 Å². The van der Waals surface area contributed by atoms with Crippen LogP contribution in [0.4, 0.5) is 0 Å². The first-order valence-corrected chi connectivity index (χ1v) is 9.52. The number of rotatable bonds is 2. The van der Waals surface area contributed by atoms with E-state index in [9.17, 15) is 9.59 Å². The van der Waals surface area contributed by atoms with Crippen molar-refractivity contribution < 1.29 is 14.3 Å². The van der Waals surface area contributed by atoms with Crippen LogP contribution in [0.3, 0.4) is 0 Å². The van der Waals surface area contributed by atoms with Gasteiger partial charge in [-0.2, -0.15) is 0 Å². The first-order valence-electron chi connectivity index (χ1n) is 8.73. The molecule has 2 atom stereocenters. The van der Waals surface area contributed by atoms with Crippen molar-refractivity contribution in [2.75, 3.05) is 7.11 Å². The van der Waals surface area contributed by atoms with Gasteiger partial charge < -0.3 is 14.6 Å². The second-order valence-corrected chi connectivity index (χ2v) is 7.61. The molecule has 0 unspecified atom stereocenters. The van der Waals surface area contributed by atoms with E-state index in [0.29, 0.717) is 6.42 Å². The lowest BCUT2D eigenvalue weighted by Gasteiger charge is -2.40. The molecular formula is C21H19BrN2O3. The van der Waals surface area contributed by atoms with Crippen LogP contribution >= 0.6 is 15.9 Å². The van der Waals surface area contributed by atoms with E-state index in [1.54, 1.807) is 4.90 Å². The number of amides is 1. The van der Waals surface area contributed by atoms with Crippen LogP contribution in [0.5, 0.6) is 0 Å². The zero-order chi connectivity index (χ0) is 19.1. The molecule has 0 aliphatic carbocycles. The third-order valence-electron chi connectivity index (χ3n) is 5.13. The molecular weight excluding hydrogens is 408 g/mol. The number of hydrogen-bond donors (Lipinski definition) is 1. The van der Waals surface area contributed by atoms with Crippen LogP contribution in [0.1, 0.15) is 29.8 Å². The van der Waals surface area contributed by atoms with Gasteiger partial charge in [0.25, 0.3) is 0 Å². The third-order valence-corrected chi connectivity index (χ3v) is 5.63. The number of methoxy groups -OCH3 is 1. The van der Waals surface area contributed by atoms with Crippen molar-refractivity contribution in [1.82, 2.24) is 9.88 Å². The molecule has 0 radical (unpaired) electrons. The molecule has 3 aromatic rings. The normalized spacial score (nSPS) is 19.0. The van der Waals surface area contributed by atoms with Crippen molar-refractivity contribution in [3.05, 3.63) is 69.8 Å². The molecule has 0 fully saturated rings. The SMILES string of the molecule is COC(=O)[C@@H]1Cc2c([nH]c3ccccc23)[C@@H](c2cccc(Br)c2)N1C(C)=O. The van der Waals surface area contributed by atoms with E-state index >= 15 is 0 Å². The molecule has 0 saturated carbocycles. The summed E-state index contributed by atoms with van der Waals surface area (Å²) in [5, 5.41) is 1.07. The van der Waals surface area contributed by atoms with Crippen molar-refractivity contribution in [2.45, 2.75) is 25.4 Å². The monoisotopic (exact) mass is 426 g/mol. The number of H-pyrrole nitrogens is 1. The van der Waals surface area contributed by atoms with Gasteiger partial charge in [-0.1, -0.05) is 46.3 Å². The molecule has 1 amide bonds. The summed E-state index contributed by atoms with van der Waals surface area (Å²) in [4.78, 5) is 30.3. The van der Waals surface area contributed by atoms with Gasteiger partial charge >= 0.3 is 5.97 Å². The summed E-state index contributed by atoms with van der Waals surface area (Å²) >= 11 is 3.51. The summed E-state index contributed by atoms with van der Waals surface area (Å²) in [6.07, 6.45) is 0.427. The molecule has 2 aromatic carbocycles. The minimum Gasteiger partial charge on any atom is -0.467 e. The second kappa shape index (κ2) is 6.85. The van der Waals surface area contributed by atoms with Gasteiger partial charge in [0.05, 0.1) is 13.2 Å². The van der Waals surface area contributed by atoms with E-state index in [0.717, 1.165) is 32.2 Å². The summed E-state index contributed by atoms with van der Waals surface area (Å²) in [6, 6.07) is 14.8. The predicted molar refractivity (Wildman–Crippen MR) is 106 cm³/mol. The van der Waals surface area contributed by atoms with Gasteiger partial charge in [-0.05, 0) is 29.3 Å².